The number of hydrogen-bond acceptors (Lipinski definition) is 8. The van der Waals surface area contributed by atoms with E-state index in [0.29, 0.717) is 5.02 Å². The molecule has 0 spiro atoms. The highest BCUT2D eigenvalue weighted by molar-refractivity contribution is 7.22. The second-order valence-electron chi connectivity index (χ2n) is 11.3. The molecule has 0 saturated heterocycles. The van der Waals surface area contributed by atoms with E-state index >= 15 is 0 Å². The maximum atomic E-state index is 13.2. The Morgan fingerprint density at radius 1 is 1.00 bits per heavy atom. The van der Waals surface area contributed by atoms with Crippen molar-refractivity contribution < 1.29 is 14.3 Å². The number of aryl methyl sites for hydroxylation is 2. The molecule has 3 heterocycles. The van der Waals surface area contributed by atoms with Gasteiger partial charge in [0.25, 0.3) is 0 Å². The lowest BCUT2D eigenvalue weighted by atomic mass is 9.91. The number of benzene rings is 3. The zero-order chi connectivity index (χ0) is 30.5. The van der Waals surface area contributed by atoms with Gasteiger partial charge in [-0.15, -0.1) is 11.3 Å². The Kier molecular flexibility index (Phi) is 7.50. The Hall–Kier alpha value is -4.18. The SMILES string of the molecule is COC(=O)[C@@H](OC(C)(C)C)c1c(C)cc2nc(-c3ccc4c(c3)c(-c3cncnc3)nn4C)sc2c1-c1ccc(Cl)cc1. The fourth-order valence-corrected chi connectivity index (χ4v) is 6.54. The first-order valence-electron chi connectivity index (χ1n) is 13.7. The minimum Gasteiger partial charge on any atom is -0.467 e. The summed E-state index contributed by atoms with van der Waals surface area (Å²) in [4.78, 5) is 26.7. The average Bonchev–Trinajstić information content (AvgIpc) is 3.56. The first kappa shape index (κ1) is 28.9. The third-order valence-electron chi connectivity index (χ3n) is 7.14. The van der Waals surface area contributed by atoms with E-state index in [9.17, 15) is 4.79 Å². The summed E-state index contributed by atoms with van der Waals surface area (Å²) < 4.78 is 14.4. The van der Waals surface area contributed by atoms with Crippen LogP contribution in [-0.2, 0) is 21.3 Å². The molecule has 0 fully saturated rings. The smallest absolute Gasteiger partial charge is 0.339 e. The standard InChI is InChI=1S/C33H30ClN5O3S/c1-18-13-24-30(27(19-7-10-22(34)11-8-19)26(18)29(32(40)41-6)42-33(2,3)4)43-31(37-24)20-9-12-25-23(14-20)28(38-39(25)5)21-15-35-17-36-16-21/h7-17,29H,1-6H3/t29-/m0/s1. The van der Waals surface area contributed by atoms with Crippen molar-refractivity contribution in [2.45, 2.75) is 39.4 Å². The van der Waals surface area contributed by atoms with Crippen LogP contribution in [0.3, 0.4) is 0 Å². The monoisotopic (exact) mass is 611 g/mol. The number of carbonyl (C=O) groups is 1. The zero-order valence-corrected chi connectivity index (χ0v) is 26.2. The van der Waals surface area contributed by atoms with Gasteiger partial charge in [-0.25, -0.2) is 19.7 Å². The summed E-state index contributed by atoms with van der Waals surface area (Å²) in [5.74, 6) is -0.461. The van der Waals surface area contributed by atoms with E-state index in [0.717, 1.165) is 65.2 Å². The number of nitrogens with zero attached hydrogens (tertiary/aromatic N) is 5. The highest BCUT2D eigenvalue weighted by Crippen LogP contribution is 2.45. The Bertz CT molecular complexity index is 1980. The molecule has 0 amide bonds. The van der Waals surface area contributed by atoms with Crippen molar-refractivity contribution in [1.82, 2.24) is 24.7 Å². The fraction of sp³-hybridized carbons (Fsp3) is 0.242. The number of ether oxygens (including phenoxy) is 2. The Labute approximate surface area is 258 Å². The molecule has 1 atom stereocenters. The molecule has 3 aromatic carbocycles. The van der Waals surface area contributed by atoms with Crippen LogP contribution in [0.4, 0.5) is 0 Å². The zero-order valence-electron chi connectivity index (χ0n) is 24.7. The molecule has 0 aliphatic carbocycles. The molecule has 6 rings (SSSR count). The maximum Gasteiger partial charge on any atom is 0.339 e. The summed E-state index contributed by atoms with van der Waals surface area (Å²) in [6.45, 7) is 7.75. The van der Waals surface area contributed by atoms with E-state index in [1.165, 1.54) is 13.4 Å². The van der Waals surface area contributed by atoms with Crippen molar-refractivity contribution in [2.75, 3.05) is 7.11 Å². The van der Waals surface area contributed by atoms with E-state index < -0.39 is 17.7 Å². The molecular weight excluding hydrogens is 582 g/mol. The lowest BCUT2D eigenvalue weighted by molar-refractivity contribution is -0.164. The van der Waals surface area contributed by atoms with Crippen molar-refractivity contribution in [2.24, 2.45) is 7.05 Å². The van der Waals surface area contributed by atoms with Gasteiger partial charge in [0.2, 0.25) is 0 Å². The van der Waals surface area contributed by atoms with Crippen LogP contribution < -0.4 is 0 Å². The van der Waals surface area contributed by atoms with Gasteiger partial charge in [0.1, 0.15) is 17.0 Å². The van der Waals surface area contributed by atoms with Gasteiger partial charge < -0.3 is 9.47 Å². The van der Waals surface area contributed by atoms with E-state index in [1.54, 1.807) is 23.7 Å². The predicted octanol–water partition coefficient (Wildman–Crippen LogP) is 7.97. The first-order chi connectivity index (χ1) is 20.5. The van der Waals surface area contributed by atoms with Gasteiger partial charge in [-0.2, -0.15) is 5.10 Å². The number of fused-ring (bicyclic) bond motifs is 2. The molecule has 0 bridgehead atoms. The van der Waals surface area contributed by atoms with Crippen LogP contribution in [0.1, 0.15) is 38.0 Å². The van der Waals surface area contributed by atoms with Crippen LogP contribution in [0.5, 0.6) is 0 Å². The number of methoxy groups -OCH3 is 1. The van der Waals surface area contributed by atoms with Crippen molar-refractivity contribution in [1.29, 1.82) is 0 Å². The molecule has 218 valence electrons. The van der Waals surface area contributed by atoms with Crippen molar-refractivity contribution >= 4 is 50.0 Å². The van der Waals surface area contributed by atoms with Crippen molar-refractivity contribution in [3.63, 3.8) is 0 Å². The van der Waals surface area contributed by atoms with Crippen LogP contribution in [0.15, 0.2) is 67.3 Å². The number of carbonyl (C=O) groups excluding carboxylic acids is 1. The second-order valence-corrected chi connectivity index (χ2v) is 12.8. The normalized spacial score (nSPS) is 12.6. The maximum absolute atomic E-state index is 13.2. The summed E-state index contributed by atoms with van der Waals surface area (Å²) in [6, 6.07) is 15.8. The number of esters is 1. The lowest BCUT2D eigenvalue weighted by Gasteiger charge is -2.28. The third kappa shape index (κ3) is 5.51. The van der Waals surface area contributed by atoms with Crippen LogP contribution in [-0.4, -0.2) is 43.4 Å². The summed E-state index contributed by atoms with van der Waals surface area (Å²) in [6.07, 6.45) is 4.10. The molecule has 0 radical (unpaired) electrons. The lowest BCUT2D eigenvalue weighted by Crippen LogP contribution is -2.29. The molecule has 0 aliphatic heterocycles. The summed E-state index contributed by atoms with van der Waals surface area (Å²) in [5.41, 5.74) is 7.23. The highest BCUT2D eigenvalue weighted by Gasteiger charge is 2.33. The van der Waals surface area contributed by atoms with E-state index in [2.05, 4.69) is 28.2 Å². The van der Waals surface area contributed by atoms with Gasteiger partial charge >= 0.3 is 5.97 Å². The molecular formula is C33H30ClN5O3S. The fourth-order valence-electron chi connectivity index (χ4n) is 5.29. The summed E-state index contributed by atoms with van der Waals surface area (Å²) in [5, 5.41) is 7.19. The highest BCUT2D eigenvalue weighted by atomic mass is 35.5. The molecule has 0 aliphatic rings. The molecule has 3 aromatic heterocycles. The number of halogens is 1. The summed E-state index contributed by atoms with van der Waals surface area (Å²) in [7, 11) is 3.31. The van der Waals surface area contributed by atoms with Gasteiger partial charge in [-0.3, -0.25) is 4.68 Å². The Balaban J connectivity index is 1.59. The number of aromatic nitrogens is 5. The quantitative estimate of drug-likeness (QED) is 0.176. The third-order valence-corrected chi connectivity index (χ3v) is 8.53. The topological polar surface area (TPSA) is 92.0 Å². The number of thiazole rings is 1. The minimum absolute atomic E-state index is 0.461. The van der Waals surface area contributed by atoms with E-state index in [-0.39, 0.29) is 0 Å². The predicted molar refractivity (Wildman–Crippen MR) is 171 cm³/mol. The minimum atomic E-state index is -0.937. The molecule has 8 nitrogen and oxygen atoms in total. The van der Waals surface area contributed by atoms with E-state index in [4.69, 9.17) is 31.2 Å². The average molecular weight is 612 g/mol. The largest absolute Gasteiger partial charge is 0.467 e. The van der Waals surface area contributed by atoms with Crippen LogP contribution in [0.2, 0.25) is 5.02 Å². The summed E-state index contributed by atoms with van der Waals surface area (Å²) >= 11 is 7.85. The van der Waals surface area contributed by atoms with Gasteiger partial charge in [0.15, 0.2) is 6.10 Å². The Morgan fingerprint density at radius 3 is 2.37 bits per heavy atom. The van der Waals surface area contributed by atoms with Crippen molar-refractivity contribution in [3.05, 3.63) is 83.4 Å². The van der Waals surface area contributed by atoms with Gasteiger partial charge in [0.05, 0.1) is 28.4 Å². The van der Waals surface area contributed by atoms with Gasteiger partial charge in [0, 0.05) is 52.1 Å². The van der Waals surface area contributed by atoms with Gasteiger partial charge in [-0.05, 0) is 75.2 Å². The second kappa shape index (κ2) is 11.1. The molecule has 43 heavy (non-hydrogen) atoms. The number of rotatable bonds is 6. The molecule has 0 saturated carbocycles. The van der Waals surface area contributed by atoms with Crippen molar-refractivity contribution in [3.8, 4) is 33.0 Å². The first-order valence-corrected chi connectivity index (χ1v) is 14.9. The molecule has 10 heteroatoms. The molecule has 0 unspecified atom stereocenters. The Morgan fingerprint density at radius 2 is 1.70 bits per heavy atom. The van der Waals surface area contributed by atoms with Crippen LogP contribution in [0, 0.1) is 6.92 Å². The molecule has 0 N–H and O–H groups in total. The van der Waals surface area contributed by atoms with Gasteiger partial charge in [-0.1, -0.05) is 23.7 Å². The van der Waals surface area contributed by atoms with E-state index in [1.807, 2.05) is 69.8 Å². The van der Waals surface area contributed by atoms with Crippen LogP contribution in [0.25, 0.3) is 54.1 Å². The number of hydrogen-bond donors (Lipinski definition) is 0. The molecule has 6 aromatic rings. The van der Waals surface area contributed by atoms with Crippen LogP contribution >= 0.6 is 22.9 Å².